The number of hydrogen-bond acceptors (Lipinski definition) is 5. The normalized spacial score (nSPS) is 11.3. The molecule has 6 nitrogen and oxygen atoms in total. The Hall–Kier alpha value is -3.00. The molecule has 0 unspecified atom stereocenters. The molecule has 0 saturated carbocycles. The van der Waals surface area contributed by atoms with Gasteiger partial charge in [-0.3, -0.25) is 14.2 Å². The molecule has 0 saturated heterocycles. The van der Waals surface area contributed by atoms with E-state index in [1.165, 1.54) is 28.4 Å². The summed E-state index contributed by atoms with van der Waals surface area (Å²) < 4.78 is 1.28. The molecule has 0 aliphatic carbocycles. The van der Waals surface area contributed by atoms with Crippen LogP contribution in [0.4, 0.5) is 0 Å². The number of halogens is 2. The molecule has 0 spiro atoms. The minimum Gasteiger partial charge on any atom is -0.289 e. The van der Waals surface area contributed by atoms with Gasteiger partial charge in [0, 0.05) is 21.0 Å². The molecule has 1 amide bonds. The fourth-order valence-corrected chi connectivity index (χ4v) is 4.63. The van der Waals surface area contributed by atoms with E-state index in [9.17, 15) is 9.59 Å². The second kappa shape index (κ2) is 9.01. The van der Waals surface area contributed by atoms with Crippen molar-refractivity contribution in [3.8, 4) is 11.1 Å². The Kier molecular flexibility index (Phi) is 6.18. The highest BCUT2D eigenvalue weighted by molar-refractivity contribution is 7.19. The smallest absolute Gasteiger partial charge is 0.263 e. The van der Waals surface area contributed by atoms with E-state index in [-0.39, 0.29) is 12.1 Å². The topological polar surface area (TPSA) is 76.3 Å². The van der Waals surface area contributed by atoms with Crippen LogP contribution >= 0.6 is 34.5 Å². The Morgan fingerprint density at radius 3 is 2.74 bits per heavy atom. The van der Waals surface area contributed by atoms with Crippen LogP contribution < -0.4 is 11.0 Å². The van der Waals surface area contributed by atoms with Crippen molar-refractivity contribution >= 4 is 56.9 Å². The van der Waals surface area contributed by atoms with E-state index < -0.39 is 5.91 Å². The summed E-state index contributed by atoms with van der Waals surface area (Å²) in [6, 6.07) is 14.6. The molecule has 0 atom stereocenters. The largest absolute Gasteiger partial charge is 0.289 e. The van der Waals surface area contributed by atoms with Gasteiger partial charge in [-0.2, -0.15) is 5.10 Å². The van der Waals surface area contributed by atoms with Gasteiger partial charge in [-0.05, 0) is 24.6 Å². The summed E-state index contributed by atoms with van der Waals surface area (Å²) >= 11 is 13.4. The van der Waals surface area contributed by atoms with Gasteiger partial charge in [0.1, 0.15) is 11.4 Å². The number of carbonyl (C=O) groups is 1. The highest BCUT2D eigenvalue weighted by Gasteiger charge is 2.17. The predicted octanol–water partition coefficient (Wildman–Crippen LogP) is 4.89. The van der Waals surface area contributed by atoms with Crippen LogP contribution in [0.1, 0.15) is 10.4 Å². The third kappa shape index (κ3) is 4.54. The van der Waals surface area contributed by atoms with Gasteiger partial charge >= 0.3 is 0 Å². The van der Waals surface area contributed by atoms with Crippen LogP contribution in [0.25, 0.3) is 21.3 Å². The number of hydrogen-bond donors (Lipinski definition) is 1. The van der Waals surface area contributed by atoms with Gasteiger partial charge in [-0.25, -0.2) is 10.4 Å². The van der Waals surface area contributed by atoms with Gasteiger partial charge in [0.15, 0.2) is 0 Å². The van der Waals surface area contributed by atoms with Crippen molar-refractivity contribution in [2.45, 2.75) is 13.5 Å². The molecule has 0 radical (unpaired) electrons. The first-order valence-corrected chi connectivity index (χ1v) is 10.8. The zero-order valence-electron chi connectivity index (χ0n) is 16.3. The molecule has 156 valence electrons. The third-order valence-corrected chi connectivity index (χ3v) is 6.16. The number of fused-ring (bicyclic) bond motifs is 1. The molecule has 2 heterocycles. The first-order valence-electron chi connectivity index (χ1n) is 9.25. The lowest BCUT2D eigenvalue weighted by Crippen LogP contribution is -2.30. The summed E-state index contributed by atoms with van der Waals surface area (Å²) in [5.74, 6) is -0.460. The molecule has 0 aliphatic heterocycles. The number of nitrogens with one attached hydrogen (secondary N) is 1. The molecule has 31 heavy (non-hydrogen) atoms. The lowest BCUT2D eigenvalue weighted by molar-refractivity contribution is -0.121. The van der Waals surface area contributed by atoms with Crippen molar-refractivity contribution in [1.29, 1.82) is 0 Å². The number of thiophene rings is 1. The molecule has 2 aromatic heterocycles. The zero-order valence-corrected chi connectivity index (χ0v) is 18.6. The summed E-state index contributed by atoms with van der Waals surface area (Å²) in [7, 11) is 0. The van der Waals surface area contributed by atoms with Crippen LogP contribution in [0.2, 0.25) is 10.0 Å². The van der Waals surface area contributed by atoms with E-state index in [1.54, 1.807) is 18.2 Å². The highest BCUT2D eigenvalue weighted by Crippen LogP contribution is 2.35. The Morgan fingerprint density at radius 2 is 2.00 bits per heavy atom. The molecule has 9 heteroatoms. The van der Waals surface area contributed by atoms with Crippen LogP contribution in [-0.2, 0) is 11.3 Å². The van der Waals surface area contributed by atoms with E-state index in [0.717, 1.165) is 16.0 Å². The Balaban J connectivity index is 1.57. The average Bonchev–Trinajstić information content (AvgIpc) is 3.09. The SMILES string of the molecule is Cc1sc2ncn(CC(=O)N/N=C/c3ccc(Cl)cc3Cl)c(=O)c2c1-c1ccccc1. The first-order chi connectivity index (χ1) is 14.9. The number of carbonyl (C=O) groups excluding carboxylic acids is 1. The summed E-state index contributed by atoms with van der Waals surface area (Å²) in [5, 5.41) is 5.34. The molecular weight excluding hydrogens is 455 g/mol. The van der Waals surface area contributed by atoms with Crippen molar-refractivity contribution in [2.75, 3.05) is 0 Å². The van der Waals surface area contributed by atoms with Gasteiger partial charge in [-0.15, -0.1) is 11.3 Å². The second-order valence-electron chi connectivity index (χ2n) is 6.72. The minimum absolute atomic E-state index is 0.212. The fraction of sp³-hybridized carbons (Fsp3) is 0.0909. The number of aryl methyl sites for hydroxylation is 1. The number of nitrogens with zero attached hydrogens (tertiary/aromatic N) is 3. The summed E-state index contributed by atoms with van der Waals surface area (Å²) in [6.07, 6.45) is 2.80. The van der Waals surface area contributed by atoms with E-state index >= 15 is 0 Å². The van der Waals surface area contributed by atoms with E-state index in [4.69, 9.17) is 23.2 Å². The van der Waals surface area contributed by atoms with Crippen molar-refractivity contribution < 1.29 is 4.79 Å². The van der Waals surface area contributed by atoms with E-state index in [1.807, 2.05) is 37.3 Å². The van der Waals surface area contributed by atoms with Crippen LogP contribution in [0, 0.1) is 6.92 Å². The van der Waals surface area contributed by atoms with Crippen LogP contribution in [0.3, 0.4) is 0 Å². The van der Waals surface area contributed by atoms with Crippen molar-refractivity contribution in [3.05, 3.63) is 85.7 Å². The van der Waals surface area contributed by atoms with E-state index in [0.29, 0.717) is 25.8 Å². The maximum absolute atomic E-state index is 13.1. The number of benzene rings is 2. The molecule has 0 fully saturated rings. The van der Waals surface area contributed by atoms with E-state index in [2.05, 4.69) is 15.5 Å². The van der Waals surface area contributed by atoms with Gasteiger partial charge in [0.2, 0.25) is 0 Å². The maximum Gasteiger partial charge on any atom is 0.263 e. The molecular formula is C22H16Cl2N4O2S. The minimum atomic E-state index is -0.460. The van der Waals surface area contributed by atoms with Crippen LogP contribution in [0.5, 0.6) is 0 Å². The fourth-order valence-electron chi connectivity index (χ4n) is 3.17. The predicted molar refractivity (Wildman–Crippen MR) is 126 cm³/mol. The monoisotopic (exact) mass is 470 g/mol. The molecule has 1 N–H and O–H groups in total. The van der Waals surface area contributed by atoms with Crippen molar-refractivity contribution in [2.24, 2.45) is 5.10 Å². The molecule has 4 aromatic rings. The first kappa shape index (κ1) is 21.2. The van der Waals surface area contributed by atoms with Crippen molar-refractivity contribution in [3.63, 3.8) is 0 Å². The quantitative estimate of drug-likeness (QED) is 0.333. The standard InChI is InChI=1S/C22H16Cl2N4O2S/c1-13-19(14-5-3-2-4-6-14)20-21(31-13)25-12-28(22(20)30)11-18(29)27-26-10-15-7-8-16(23)9-17(15)24/h2-10,12H,11H2,1H3,(H,27,29)/b26-10+. The maximum atomic E-state index is 13.1. The van der Waals surface area contributed by atoms with Gasteiger partial charge in [-0.1, -0.05) is 59.6 Å². The number of aromatic nitrogens is 2. The molecule has 0 aliphatic rings. The zero-order chi connectivity index (χ0) is 22.0. The van der Waals surface area contributed by atoms with Crippen molar-refractivity contribution in [1.82, 2.24) is 15.0 Å². The summed E-state index contributed by atoms with van der Waals surface area (Å²) in [5.41, 5.74) is 4.53. The van der Waals surface area contributed by atoms with Gasteiger partial charge < -0.3 is 0 Å². The Morgan fingerprint density at radius 1 is 1.23 bits per heavy atom. The third-order valence-electron chi connectivity index (χ3n) is 4.59. The van der Waals surface area contributed by atoms with Gasteiger partial charge in [0.05, 0.1) is 23.0 Å². The average molecular weight is 471 g/mol. The number of hydrazone groups is 1. The molecule has 0 bridgehead atoms. The Bertz CT molecular complexity index is 1360. The number of amides is 1. The second-order valence-corrected chi connectivity index (χ2v) is 8.76. The lowest BCUT2D eigenvalue weighted by Gasteiger charge is -2.06. The number of rotatable bonds is 5. The van der Waals surface area contributed by atoms with Crippen LogP contribution in [-0.4, -0.2) is 21.7 Å². The summed E-state index contributed by atoms with van der Waals surface area (Å²) in [4.78, 5) is 31.5. The van der Waals surface area contributed by atoms with Crippen LogP contribution in [0.15, 0.2) is 64.8 Å². The lowest BCUT2D eigenvalue weighted by atomic mass is 10.0. The Labute approximate surface area is 191 Å². The van der Waals surface area contributed by atoms with Gasteiger partial charge in [0.25, 0.3) is 11.5 Å². The highest BCUT2D eigenvalue weighted by atomic mass is 35.5. The molecule has 4 rings (SSSR count). The molecule has 2 aromatic carbocycles. The summed E-state index contributed by atoms with van der Waals surface area (Å²) in [6.45, 7) is 1.75.